The molecular formula is C9H22MgO. The maximum Gasteiger partial charge on any atom is 2.00 e. The maximum atomic E-state index is 5.38. The van der Waals surface area contributed by atoms with Crippen LogP contribution in [0.15, 0.2) is 0 Å². The zero-order chi connectivity index (χ0) is 7.66. The molecule has 0 aromatic carbocycles. The van der Waals surface area contributed by atoms with Gasteiger partial charge >= 0.3 is 23.1 Å². The zero-order valence-electron chi connectivity index (χ0n) is 10.1. The first-order chi connectivity index (χ1) is 4.91. The number of unbranched alkanes of at least 4 members (excludes halogenated alkanes) is 3. The number of ether oxygens (including phenoxy) is 1. The first-order valence-electron chi connectivity index (χ1n) is 4.49. The molecule has 0 saturated carbocycles. The molecule has 0 saturated heterocycles. The van der Waals surface area contributed by atoms with Crippen molar-refractivity contribution >= 4 is 23.1 Å². The quantitative estimate of drug-likeness (QED) is 0.422. The van der Waals surface area contributed by atoms with Crippen molar-refractivity contribution in [3.8, 4) is 0 Å². The predicted octanol–water partition coefficient (Wildman–Crippen LogP) is 2.84. The smallest absolute Gasteiger partial charge is 1.00 e. The first-order valence-corrected chi connectivity index (χ1v) is 4.49. The Labute approximate surface area is 90.0 Å². The summed E-state index contributed by atoms with van der Waals surface area (Å²) < 4.78 is 5.38. The van der Waals surface area contributed by atoms with E-state index >= 15 is 0 Å². The Kier molecular flexibility index (Phi) is 17.3. The SMILES string of the molecule is CCCCCOCCCC.[H-].[H-].[Mg+2]. The summed E-state index contributed by atoms with van der Waals surface area (Å²) in [6.45, 7) is 6.33. The largest absolute Gasteiger partial charge is 2.00 e. The van der Waals surface area contributed by atoms with Crippen LogP contribution in [0.2, 0.25) is 0 Å². The second-order valence-electron chi connectivity index (χ2n) is 2.67. The summed E-state index contributed by atoms with van der Waals surface area (Å²) in [6, 6.07) is 0. The van der Waals surface area contributed by atoms with Crippen LogP contribution < -0.4 is 0 Å². The first kappa shape index (κ1) is 14.3. The molecule has 0 N–H and O–H groups in total. The minimum Gasteiger partial charge on any atom is -1.00 e. The van der Waals surface area contributed by atoms with E-state index in [0.29, 0.717) is 0 Å². The van der Waals surface area contributed by atoms with Crippen molar-refractivity contribution in [1.82, 2.24) is 0 Å². The fraction of sp³-hybridized carbons (Fsp3) is 1.00. The van der Waals surface area contributed by atoms with Gasteiger partial charge in [0.15, 0.2) is 0 Å². The summed E-state index contributed by atoms with van der Waals surface area (Å²) in [5.41, 5.74) is 0. The third kappa shape index (κ3) is 13.7. The van der Waals surface area contributed by atoms with Gasteiger partial charge in [-0.15, -0.1) is 0 Å². The van der Waals surface area contributed by atoms with Crippen molar-refractivity contribution in [2.75, 3.05) is 13.2 Å². The van der Waals surface area contributed by atoms with Gasteiger partial charge in [0, 0.05) is 13.2 Å². The second-order valence-corrected chi connectivity index (χ2v) is 2.67. The molecule has 0 amide bonds. The Bertz CT molecular complexity index is 57.6. The van der Waals surface area contributed by atoms with Crippen molar-refractivity contribution in [2.45, 2.75) is 46.0 Å². The molecule has 0 unspecified atom stereocenters. The molecule has 0 bridgehead atoms. The van der Waals surface area contributed by atoms with Gasteiger partial charge in [-0.2, -0.15) is 0 Å². The van der Waals surface area contributed by atoms with Gasteiger partial charge in [-0.3, -0.25) is 0 Å². The number of rotatable bonds is 7. The third-order valence-corrected chi connectivity index (χ3v) is 1.53. The van der Waals surface area contributed by atoms with Gasteiger partial charge < -0.3 is 7.59 Å². The standard InChI is InChI=1S/C9H20O.Mg.2H/c1-3-5-7-9-10-8-6-4-2;;;/h3-9H2,1-2H3;;;/q;+2;2*-1. The van der Waals surface area contributed by atoms with Crippen LogP contribution in [0.1, 0.15) is 48.8 Å². The molecule has 0 aliphatic heterocycles. The summed E-state index contributed by atoms with van der Waals surface area (Å²) in [4.78, 5) is 0. The Morgan fingerprint density at radius 1 is 0.909 bits per heavy atom. The van der Waals surface area contributed by atoms with Crippen molar-refractivity contribution in [2.24, 2.45) is 0 Å². The van der Waals surface area contributed by atoms with Crippen LogP contribution in [-0.2, 0) is 4.74 Å². The zero-order valence-corrected chi connectivity index (χ0v) is 9.48. The molecule has 0 spiro atoms. The van der Waals surface area contributed by atoms with Crippen molar-refractivity contribution < 1.29 is 7.59 Å². The molecule has 0 atom stereocenters. The van der Waals surface area contributed by atoms with E-state index < -0.39 is 0 Å². The average molecular weight is 171 g/mol. The molecule has 0 rings (SSSR count). The van der Waals surface area contributed by atoms with Crippen LogP contribution in [-0.4, -0.2) is 36.3 Å². The van der Waals surface area contributed by atoms with E-state index in [-0.39, 0.29) is 25.9 Å². The number of hydrogen-bond acceptors (Lipinski definition) is 1. The van der Waals surface area contributed by atoms with Gasteiger partial charge in [0.2, 0.25) is 0 Å². The van der Waals surface area contributed by atoms with Crippen LogP contribution in [0, 0.1) is 0 Å². The molecule has 0 aliphatic carbocycles. The van der Waals surface area contributed by atoms with E-state index in [1.54, 1.807) is 0 Å². The Morgan fingerprint density at radius 2 is 1.45 bits per heavy atom. The molecule has 11 heavy (non-hydrogen) atoms. The Balaban J connectivity index is -0.000000135. The summed E-state index contributed by atoms with van der Waals surface area (Å²) in [7, 11) is 0. The topological polar surface area (TPSA) is 9.23 Å². The number of hydrogen-bond donors (Lipinski definition) is 0. The Hall–Kier alpha value is 0.726. The third-order valence-electron chi connectivity index (χ3n) is 1.53. The van der Waals surface area contributed by atoms with Crippen molar-refractivity contribution in [1.29, 1.82) is 0 Å². The molecule has 1 nitrogen and oxygen atoms in total. The van der Waals surface area contributed by atoms with Crippen LogP contribution in [0.5, 0.6) is 0 Å². The molecule has 66 valence electrons. The van der Waals surface area contributed by atoms with Gasteiger partial charge in [0.1, 0.15) is 0 Å². The molecule has 0 aromatic rings. The monoisotopic (exact) mass is 170 g/mol. The normalized spacial score (nSPS) is 9.27. The van der Waals surface area contributed by atoms with E-state index in [1.165, 1.54) is 32.1 Å². The molecule has 0 radical (unpaired) electrons. The van der Waals surface area contributed by atoms with Gasteiger partial charge in [0.25, 0.3) is 0 Å². The second kappa shape index (κ2) is 13.3. The van der Waals surface area contributed by atoms with Crippen molar-refractivity contribution in [3.05, 3.63) is 0 Å². The molecule has 2 heteroatoms. The molecular weight excluding hydrogens is 148 g/mol. The Morgan fingerprint density at radius 3 is 2.00 bits per heavy atom. The van der Waals surface area contributed by atoms with E-state index in [4.69, 9.17) is 4.74 Å². The summed E-state index contributed by atoms with van der Waals surface area (Å²) in [5, 5.41) is 0. The molecule has 0 aromatic heterocycles. The van der Waals surface area contributed by atoms with E-state index in [9.17, 15) is 0 Å². The summed E-state index contributed by atoms with van der Waals surface area (Å²) in [6.07, 6.45) is 6.30. The molecule has 0 heterocycles. The van der Waals surface area contributed by atoms with E-state index in [1.807, 2.05) is 0 Å². The fourth-order valence-electron chi connectivity index (χ4n) is 0.803. The van der Waals surface area contributed by atoms with Crippen LogP contribution >= 0.6 is 0 Å². The molecule has 0 fully saturated rings. The predicted molar refractivity (Wildman–Crippen MR) is 53.2 cm³/mol. The van der Waals surface area contributed by atoms with Gasteiger partial charge in [0.05, 0.1) is 0 Å². The van der Waals surface area contributed by atoms with Crippen LogP contribution in [0.4, 0.5) is 0 Å². The van der Waals surface area contributed by atoms with Crippen molar-refractivity contribution in [3.63, 3.8) is 0 Å². The summed E-state index contributed by atoms with van der Waals surface area (Å²) in [5.74, 6) is 0. The minimum absolute atomic E-state index is 0. The minimum atomic E-state index is 0. The molecule has 0 aliphatic rings. The van der Waals surface area contributed by atoms with Gasteiger partial charge in [-0.1, -0.05) is 33.1 Å². The van der Waals surface area contributed by atoms with Crippen LogP contribution in [0.25, 0.3) is 0 Å². The average Bonchev–Trinajstić information content (AvgIpc) is 1.97. The van der Waals surface area contributed by atoms with Crippen LogP contribution in [0.3, 0.4) is 0 Å². The van der Waals surface area contributed by atoms with Gasteiger partial charge in [-0.05, 0) is 12.8 Å². The summed E-state index contributed by atoms with van der Waals surface area (Å²) >= 11 is 0. The van der Waals surface area contributed by atoms with E-state index in [0.717, 1.165) is 13.2 Å². The fourth-order valence-corrected chi connectivity index (χ4v) is 0.803. The van der Waals surface area contributed by atoms with E-state index in [2.05, 4.69) is 13.8 Å². The van der Waals surface area contributed by atoms with Gasteiger partial charge in [-0.25, -0.2) is 0 Å². The maximum absolute atomic E-state index is 5.38.